The van der Waals surface area contributed by atoms with Crippen LogP contribution in [0.1, 0.15) is 37.4 Å². The van der Waals surface area contributed by atoms with E-state index in [1.54, 1.807) is 12.3 Å². The van der Waals surface area contributed by atoms with Crippen LogP contribution in [0, 0.1) is 5.92 Å². The van der Waals surface area contributed by atoms with Gasteiger partial charge in [0.05, 0.1) is 22.7 Å². The fraction of sp³-hybridized carbons (Fsp3) is 0.688. The molecule has 2 fully saturated rings. The highest BCUT2D eigenvalue weighted by molar-refractivity contribution is 7.93. The average Bonchev–Trinajstić information content (AvgIpc) is 3.35. The van der Waals surface area contributed by atoms with Crippen LogP contribution in [-0.2, 0) is 10.0 Å². The van der Waals surface area contributed by atoms with Crippen molar-refractivity contribution in [3.8, 4) is 0 Å². The zero-order valence-electron chi connectivity index (χ0n) is 13.8. The maximum absolute atomic E-state index is 12.1. The number of rotatable bonds is 6. The number of hydrogen-bond donors (Lipinski definition) is 2. The van der Waals surface area contributed by atoms with Gasteiger partial charge in [-0.15, -0.1) is 0 Å². The van der Waals surface area contributed by atoms with Gasteiger partial charge in [-0.1, -0.05) is 0 Å². The molecule has 2 N–H and O–H groups in total. The molecule has 0 aromatic carbocycles. The smallest absolute Gasteiger partial charge is 0.235 e. The van der Waals surface area contributed by atoms with Gasteiger partial charge in [-0.3, -0.25) is 9.71 Å². The van der Waals surface area contributed by atoms with Gasteiger partial charge in [-0.2, -0.15) is 0 Å². The minimum Gasteiger partial charge on any atom is -0.311 e. The molecule has 128 valence electrons. The Hall–Kier alpha value is -1.18. The van der Waals surface area contributed by atoms with Gasteiger partial charge in [0.1, 0.15) is 0 Å². The van der Waals surface area contributed by atoms with E-state index in [1.807, 2.05) is 13.1 Å². The number of sulfonamides is 1. The van der Waals surface area contributed by atoms with Crippen LogP contribution >= 0.6 is 0 Å². The summed E-state index contributed by atoms with van der Waals surface area (Å²) in [5, 5.41) is 3.16. The molecule has 1 saturated heterocycles. The van der Waals surface area contributed by atoms with Crippen LogP contribution in [0.3, 0.4) is 0 Å². The third kappa shape index (κ3) is 4.02. The molecule has 6 nitrogen and oxygen atoms in total. The number of piperidine rings is 1. The van der Waals surface area contributed by atoms with Crippen molar-refractivity contribution in [2.75, 3.05) is 31.9 Å². The molecule has 2 heterocycles. The van der Waals surface area contributed by atoms with Crippen LogP contribution in [0.2, 0.25) is 0 Å². The fourth-order valence-corrected chi connectivity index (χ4v) is 4.67. The summed E-state index contributed by atoms with van der Waals surface area (Å²) in [6, 6.07) is 3.76. The molecule has 0 radical (unpaired) electrons. The molecule has 0 bridgehead atoms. The van der Waals surface area contributed by atoms with E-state index < -0.39 is 10.0 Å². The van der Waals surface area contributed by atoms with E-state index >= 15 is 0 Å². The average molecular weight is 338 g/mol. The van der Waals surface area contributed by atoms with E-state index in [0.717, 1.165) is 44.5 Å². The van der Waals surface area contributed by atoms with E-state index in [2.05, 4.69) is 27.0 Å². The second kappa shape index (κ2) is 6.75. The third-order valence-electron chi connectivity index (χ3n) is 4.87. The highest BCUT2D eigenvalue weighted by atomic mass is 32.2. The largest absolute Gasteiger partial charge is 0.311 e. The molecule has 7 heteroatoms. The zero-order chi connectivity index (χ0) is 16.4. The van der Waals surface area contributed by atoms with Gasteiger partial charge in [0.2, 0.25) is 10.0 Å². The summed E-state index contributed by atoms with van der Waals surface area (Å²) < 4.78 is 26.9. The Morgan fingerprint density at radius 1 is 1.26 bits per heavy atom. The van der Waals surface area contributed by atoms with Crippen molar-refractivity contribution in [2.24, 2.45) is 5.92 Å². The Morgan fingerprint density at radius 3 is 2.57 bits per heavy atom. The van der Waals surface area contributed by atoms with Crippen LogP contribution < -0.4 is 10.0 Å². The summed E-state index contributed by atoms with van der Waals surface area (Å²) in [6.07, 6.45) is 5.48. The first-order valence-electron chi connectivity index (χ1n) is 8.33. The number of nitrogens with zero attached hydrogens (tertiary/aromatic N) is 2. The molecular weight excluding hydrogens is 312 g/mol. The lowest BCUT2D eigenvalue weighted by atomic mass is 9.87. The topological polar surface area (TPSA) is 74.3 Å². The van der Waals surface area contributed by atoms with Crippen molar-refractivity contribution in [1.29, 1.82) is 0 Å². The summed E-state index contributed by atoms with van der Waals surface area (Å²) in [7, 11) is 0.873. The Balaban J connectivity index is 1.74. The lowest BCUT2D eigenvalue weighted by Gasteiger charge is -2.34. The fourth-order valence-electron chi connectivity index (χ4n) is 3.29. The molecule has 1 aliphatic heterocycles. The molecular formula is C16H26N4O2S. The van der Waals surface area contributed by atoms with Gasteiger partial charge in [-0.05, 0) is 70.9 Å². The predicted molar refractivity (Wildman–Crippen MR) is 91.8 cm³/mol. The first-order chi connectivity index (χ1) is 11.0. The van der Waals surface area contributed by atoms with Crippen LogP contribution in [-0.4, -0.2) is 50.7 Å². The molecule has 1 aromatic rings. The minimum atomic E-state index is -3.23. The van der Waals surface area contributed by atoms with Crippen molar-refractivity contribution < 1.29 is 8.42 Å². The third-order valence-corrected chi connectivity index (χ3v) is 6.74. The second-order valence-corrected chi connectivity index (χ2v) is 8.68. The lowest BCUT2D eigenvalue weighted by molar-refractivity contribution is 0.187. The Kier molecular flexibility index (Phi) is 4.89. The first-order valence-corrected chi connectivity index (χ1v) is 9.87. The van der Waals surface area contributed by atoms with Crippen LogP contribution in [0.5, 0.6) is 0 Å². The molecule has 1 aliphatic carbocycles. The summed E-state index contributed by atoms with van der Waals surface area (Å²) in [6.45, 7) is 2.19. The quantitative estimate of drug-likeness (QED) is 0.824. The van der Waals surface area contributed by atoms with Gasteiger partial charge in [-0.25, -0.2) is 8.42 Å². The zero-order valence-corrected chi connectivity index (χ0v) is 14.6. The maximum atomic E-state index is 12.1. The van der Waals surface area contributed by atoms with Gasteiger partial charge in [0, 0.05) is 6.20 Å². The monoisotopic (exact) mass is 338 g/mol. The van der Waals surface area contributed by atoms with E-state index in [4.69, 9.17) is 0 Å². The first kappa shape index (κ1) is 16.7. The van der Waals surface area contributed by atoms with E-state index in [1.165, 1.54) is 0 Å². The van der Waals surface area contributed by atoms with Crippen molar-refractivity contribution >= 4 is 15.7 Å². The summed E-state index contributed by atoms with van der Waals surface area (Å²) >= 11 is 0. The molecule has 1 aromatic heterocycles. The molecule has 1 saturated carbocycles. The van der Waals surface area contributed by atoms with Crippen LogP contribution in [0.25, 0.3) is 0 Å². The molecule has 0 spiro atoms. The highest BCUT2D eigenvalue weighted by Gasteiger charge is 2.36. The van der Waals surface area contributed by atoms with Crippen molar-refractivity contribution in [1.82, 2.24) is 15.2 Å². The van der Waals surface area contributed by atoms with Crippen LogP contribution in [0.15, 0.2) is 18.3 Å². The van der Waals surface area contributed by atoms with E-state index in [9.17, 15) is 8.42 Å². The number of nitrogens with one attached hydrogen (secondary N) is 2. The SMILES string of the molecule is CNC(c1cc(NS(=O)(=O)C2CC2)ccn1)C1CCN(C)CC1. The van der Waals surface area contributed by atoms with Crippen molar-refractivity contribution in [3.63, 3.8) is 0 Å². The van der Waals surface area contributed by atoms with Crippen molar-refractivity contribution in [2.45, 2.75) is 37.0 Å². The maximum Gasteiger partial charge on any atom is 0.235 e. The van der Waals surface area contributed by atoms with Gasteiger partial charge in [0.15, 0.2) is 0 Å². The Bertz CT molecular complexity index is 637. The Morgan fingerprint density at radius 2 is 1.96 bits per heavy atom. The predicted octanol–water partition coefficient (Wildman–Crippen LogP) is 1.59. The Labute approximate surface area is 138 Å². The van der Waals surface area contributed by atoms with E-state index in [0.29, 0.717) is 11.6 Å². The summed E-state index contributed by atoms with van der Waals surface area (Å²) in [5.74, 6) is 0.527. The number of hydrogen-bond acceptors (Lipinski definition) is 5. The molecule has 1 atom stereocenters. The van der Waals surface area contributed by atoms with Gasteiger partial charge >= 0.3 is 0 Å². The normalized spacial score (nSPS) is 22.0. The number of likely N-dealkylation sites (tertiary alicyclic amines) is 1. The minimum absolute atomic E-state index is 0.161. The lowest BCUT2D eigenvalue weighted by Crippen LogP contribution is -2.36. The molecule has 2 aliphatic rings. The summed E-state index contributed by atoms with van der Waals surface area (Å²) in [4.78, 5) is 6.83. The standard InChI is InChI=1S/C16H26N4O2S/c1-17-16(12-6-9-20(2)10-7-12)15-11-13(5-8-18-15)19-23(21,22)14-3-4-14/h5,8,11-12,14,16-17H,3-4,6-7,9-10H2,1-2H3,(H,18,19). The van der Waals surface area contributed by atoms with Crippen LogP contribution in [0.4, 0.5) is 5.69 Å². The van der Waals surface area contributed by atoms with Crippen molar-refractivity contribution in [3.05, 3.63) is 24.0 Å². The summed E-state index contributed by atoms with van der Waals surface area (Å²) in [5.41, 5.74) is 1.54. The highest BCUT2D eigenvalue weighted by Crippen LogP contribution is 2.32. The van der Waals surface area contributed by atoms with E-state index in [-0.39, 0.29) is 11.3 Å². The molecule has 3 rings (SSSR count). The molecule has 23 heavy (non-hydrogen) atoms. The van der Waals surface area contributed by atoms with Gasteiger partial charge < -0.3 is 10.2 Å². The number of pyridine rings is 1. The molecule has 1 unspecified atom stereocenters. The molecule has 0 amide bonds. The number of anilines is 1. The number of aromatic nitrogens is 1. The second-order valence-electron chi connectivity index (χ2n) is 6.72. The van der Waals surface area contributed by atoms with Gasteiger partial charge in [0.25, 0.3) is 0 Å².